The number of pyridine rings is 1. The lowest BCUT2D eigenvalue weighted by atomic mass is 9.95. The summed E-state index contributed by atoms with van der Waals surface area (Å²) in [4.78, 5) is 21.6. The number of carbonyl (C=O) groups excluding carboxylic acids is 1. The molecular formula is C24H29ClN4O3. The molecule has 3 heterocycles. The molecule has 0 bridgehead atoms. The molecule has 2 saturated carbocycles. The molecule has 2 aromatic rings. The van der Waals surface area contributed by atoms with Gasteiger partial charge in [-0.1, -0.05) is 11.6 Å². The molecule has 1 amide bonds. The number of hydrogen-bond donors (Lipinski definition) is 2. The summed E-state index contributed by atoms with van der Waals surface area (Å²) in [5, 5.41) is 16.1. The van der Waals surface area contributed by atoms with Crippen LogP contribution in [0.2, 0.25) is 5.02 Å². The van der Waals surface area contributed by atoms with Crippen molar-refractivity contribution < 1.29 is 14.6 Å². The van der Waals surface area contributed by atoms with Crippen LogP contribution < -0.4 is 10.2 Å². The Bertz CT molecular complexity index is 1080. The van der Waals surface area contributed by atoms with Gasteiger partial charge in [-0.2, -0.15) is 0 Å². The smallest absolute Gasteiger partial charge is 0.229 e. The second-order valence-electron chi connectivity index (χ2n) is 10.2. The average molecular weight is 457 g/mol. The zero-order valence-electron chi connectivity index (χ0n) is 18.3. The Morgan fingerprint density at radius 2 is 2.00 bits per heavy atom. The zero-order valence-corrected chi connectivity index (χ0v) is 19.1. The number of nitrogens with zero attached hydrogens (tertiary/aromatic N) is 3. The Morgan fingerprint density at radius 3 is 2.66 bits per heavy atom. The molecule has 2 N–H and O–H groups in total. The lowest BCUT2D eigenvalue weighted by Crippen LogP contribution is -2.60. The van der Waals surface area contributed by atoms with Gasteiger partial charge >= 0.3 is 0 Å². The van der Waals surface area contributed by atoms with Crippen molar-refractivity contribution in [1.29, 1.82) is 0 Å². The Hall–Kier alpha value is -1.93. The number of benzene rings is 1. The molecule has 1 aromatic carbocycles. The molecule has 2 aliphatic heterocycles. The van der Waals surface area contributed by atoms with Gasteiger partial charge in [0.05, 0.1) is 35.6 Å². The van der Waals surface area contributed by atoms with Crippen molar-refractivity contribution in [3.63, 3.8) is 0 Å². The van der Waals surface area contributed by atoms with E-state index in [1.807, 2.05) is 12.1 Å². The summed E-state index contributed by atoms with van der Waals surface area (Å²) in [5.41, 5.74) is 1.01. The number of ether oxygens (including phenoxy) is 1. The molecule has 7 nitrogen and oxygen atoms in total. The van der Waals surface area contributed by atoms with Crippen molar-refractivity contribution in [2.24, 2.45) is 11.3 Å². The standard InChI is InChI=1S/C24H29ClN4O3/c1-23(14-32-13-20(23)30)29-6-4-28(5-7-29)19-9-15-10-21(26-12-16(15)8-18(19)25)27-22(31)17-11-24(17)2-3-24/h8-10,12,17,20,30H,2-7,11,13-14H2,1H3,(H,26,27,31)/t17-,20-,23+/m1/s1. The first-order valence-electron chi connectivity index (χ1n) is 11.5. The van der Waals surface area contributed by atoms with E-state index in [9.17, 15) is 9.90 Å². The maximum absolute atomic E-state index is 12.5. The van der Waals surface area contributed by atoms with Crippen molar-refractivity contribution in [2.75, 3.05) is 49.6 Å². The van der Waals surface area contributed by atoms with Gasteiger partial charge in [-0.3, -0.25) is 9.69 Å². The predicted octanol–water partition coefficient (Wildman–Crippen LogP) is 2.90. The summed E-state index contributed by atoms with van der Waals surface area (Å²) in [6.45, 7) is 6.38. The molecule has 3 atom stereocenters. The molecule has 2 saturated heterocycles. The highest BCUT2D eigenvalue weighted by molar-refractivity contribution is 6.34. The Kier molecular flexibility index (Phi) is 4.70. The van der Waals surface area contributed by atoms with Crippen LogP contribution in [-0.2, 0) is 9.53 Å². The molecule has 0 radical (unpaired) electrons. The number of amides is 1. The SMILES string of the molecule is C[C@]1(N2CCN(c3cc4cc(NC(=O)[C@H]5CC56CC6)ncc4cc3Cl)CC2)COC[C@H]1O. The first kappa shape index (κ1) is 20.7. The van der Waals surface area contributed by atoms with Gasteiger partial charge in [-0.25, -0.2) is 4.98 Å². The highest BCUT2D eigenvalue weighted by atomic mass is 35.5. The fraction of sp³-hybridized carbons (Fsp3) is 0.583. The first-order valence-corrected chi connectivity index (χ1v) is 11.9. The quantitative estimate of drug-likeness (QED) is 0.736. The summed E-state index contributed by atoms with van der Waals surface area (Å²) in [6, 6.07) is 5.99. The molecule has 32 heavy (non-hydrogen) atoms. The predicted molar refractivity (Wildman–Crippen MR) is 124 cm³/mol. The number of aliphatic hydroxyl groups excluding tert-OH is 1. The third kappa shape index (κ3) is 3.37. The minimum Gasteiger partial charge on any atom is -0.389 e. The number of rotatable bonds is 4. The van der Waals surface area contributed by atoms with Crippen LogP contribution in [0, 0.1) is 11.3 Å². The van der Waals surface area contributed by atoms with Crippen LogP contribution in [0.4, 0.5) is 11.5 Å². The lowest BCUT2D eigenvalue weighted by molar-refractivity contribution is -0.117. The number of aliphatic hydroxyl groups is 1. The molecule has 6 rings (SSSR count). The van der Waals surface area contributed by atoms with Crippen LogP contribution in [0.5, 0.6) is 0 Å². The first-order chi connectivity index (χ1) is 15.4. The molecule has 4 fully saturated rings. The van der Waals surface area contributed by atoms with Gasteiger partial charge in [0.2, 0.25) is 5.91 Å². The van der Waals surface area contributed by atoms with Gasteiger partial charge < -0.3 is 20.1 Å². The van der Waals surface area contributed by atoms with Crippen LogP contribution in [0.15, 0.2) is 24.4 Å². The van der Waals surface area contributed by atoms with E-state index in [1.54, 1.807) is 6.20 Å². The average Bonchev–Trinajstić information content (AvgIpc) is 3.70. The van der Waals surface area contributed by atoms with E-state index in [0.29, 0.717) is 29.5 Å². The second kappa shape index (κ2) is 7.29. The van der Waals surface area contributed by atoms with Gasteiger partial charge in [0, 0.05) is 43.7 Å². The maximum atomic E-state index is 12.5. The second-order valence-corrected chi connectivity index (χ2v) is 10.6. The molecule has 1 aromatic heterocycles. The van der Waals surface area contributed by atoms with Gasteiger partial charge in [-0.05, 0) is 55.2 Å². The fourth-order valence-corrected chi connectivity index (χ4v) is 5.81. The van der Waals surface area contributed by atoms with E-state index < -0.39 is 6.10 Å². The number of carbonyl (C=O) groups is 1. The van der Waals surface area contributed by atoms with E-state index in [2.05, 4.69) is 33.1 Å². The molecule has 1 spiro atoms. The van der Waals surface area contributed by atoms with Crippen LogP contribution >= 0.6 is 11.6 Å². The van der Waals surface area contributed by atoms with Gasteiger partial charge in [0.25, 0.3) is 0 Å². The molecule has 0 unspecified atom stereocenters. The Morgan fingerprint density at radius 1 is 1.22 bits per heavy atom. The van der Waals surface area contributed by atoms with Crippen LogP contribution in [0.1, 0.15) is 26.2 Å². The highest BCUT2D eigenvalue weighted by Gasteiger charge is 2.65. The normalized spacial score (nSPS) is 31.3. The van der Waals surface area contributed by atoms with Crippen LogP contribution in [0.3, 0.4) is 0 Å². The van der Waals surface area contributed by atoms with E-state index in [0.717, 1.165) is 49.1 Å². The van der Waals surface area contributed by atoms with Crippen molar-refractivity contribution in [2.45, 2.75) is 37.8 Å². The number of fused-ring (bicyclic) bond motifs is 1. The molecule has 4 aliphatic rings. The number of piperazine rings is 1. The third-order valence-electron chi connectivity index (χ3n) is 8.17. The number of hydrogen-bond acceptors (Lipinski definition) is 6. The van der Waals surface area contributed by atoms with Gasteiger partial charge in [-0.15, -0.1) is 0 Å². The Labute approximate surface area is 192 Å². The topological polar surface area (TPSA) is 77.9 Å². The van der Waals surface area contributed by atoms with E-state index in [-0.39, 0.29) is 17.4 Å². The minimum atomic E-state index is -0.454. The van der Waals surface area contributed by atoms with Crippen molar-refractivity contribution >= 4 is 39.8 Å². The molecule has 170 valence electrons. The number of nitrogens with one attached hydrogen (secondary N) is 1. The molecule has 2 aliphatic carbocycles. The van der Waals surface area contributed by atoms with Crippen LogP contribution in [-0.4, -0.2) is 71.9 Å². The minimum absolute atomic E-state index is 0.103. The van der Waals surface area contributed by atoms with Crippen molar-refractivity contribution in [1.82, 2.24) is 9.88 Å². The van der Waals surface area contributed by atoms with E-state index in [4.69, 9.17) is 16.3 Å². The van der Waals surface area contributed by atoms with Crippen molar-refractivity contribution in [3.05, 3.63) is 29.4 Å². The van der Waals surface area contributed by atoms with E-state index in [1.165, 1.54) is 12.8 Å². The van der Waals surface area contributed by atoms with Gasteiger partial charge in [0.15, 0.2) is 0 Å². The zero-order chi connectivity index (χ0) is 22.1. The third-order valence-corrected chi connectivity index (χ3v) is 8.47. The molecule has 8 heteroatoms. The largest absolute Gasteiger partial charge is 0.389 e. The van der Waals surface area contributed by atoms with E-state index >= 15 is 0 Å². The summed E-state index contributed by atoms with van der Waals surface area (Å²) < 4.78 is 5.51. The number of halogens is 1. The van der Waals surface area contributed by atoms with Gasteiger partial charge in [0.1, 0.15) is 5.82 Å². The number of anilines is 2. The molecular weight excluding hydrogens is 428 g/mol. The lowest BCUT2D eigenvalue weighted by Gasteiger charge is -2.45. The maximum Gasteiger partial charge on any atom is 0.229 e. The number of aromatic nitrogens is 1. The Balaban J connectivity index is 1.18. The summed E-state index contributed by atoms with van der Waals surface area (Å²) in [5.74, 6) is 0.875. The summed E-state index contributed by atoms with van der Waals surface area (Å²) in [6.07, 6.45) is 4.73. The van der Waals surface area contributed by atoms with Crippen molar-refractivity contribution in [3.8, 4) is 0 Å². The highest BCUT2D eigenvalue weighted by Crippen LogP contribution is 2.70. The fourth-order valence-electron chi connectivity index (χ4n) is 5.52. The summed E-state index contributed by atoms with van der Waals surface area (Å²) >= 11 is 6.65. The summed E-state index contributed by atoms with van der Waals surface area (Å²) in [7, 11) is 0. The monoisotopic (exact) mass is 456 g/mol. The van der Waals surface area contributed by atoms with Crippen LogP contribution in [0.25, 0.3) is 10.8 Å².